The summed E-state index contributed by atoms with van der Waals surface area (Å²) in [7, 11) is 0. The van der Waals surface area contributed by atoms with Crippen LogP contribution in [0.2, 0.25) is 0 Å². The molecule has 2 heteroatoms. The quantitative estimate of drug-likeness (QED) is 0.856. The lowest BCUT2D eigenvalue weighted by Gasteiger charge is -2.12. The predicted octanol–water partition coefficient (Wildman–Crippen LogP) is 3.12. The molecule has 1 heterocycles. The summed E-state index contributed by atoms with van der Waals surface area (Å²) in [6, 6.07) is 8.42. The highest BCUT2D eigenvalue weighted by Crippen LogP contribution is 2.28. The van der Waals surface area contributed by atoms with Crippen LogP contribution in [-0.2, 0) is 12.8 Å². The van der Waals surface area contributed by atoms with Gasteiger partial charge >= 0.3 is 0 Å². The van der Waals surface area contributed by atoms with Gasteiger partial charge in [-0.05, 0) is 54.5 Å². The van der Waals surface area contributed by atoms with E-state index in [4.69, 9.17) is 10.2 Å². The number of hydrogen-bond donors (Lipinski definition) is 1. The van der Waals surface area contributed by atoms with Crippen LogP contribution >= 0.6 is 0 Å². The summed E-state index contributed by atoms with van der Waals surface area (Å²) in [6.45, 7) is 2.03. The highest BCUT2D eigenvalue weighted by molar-refractivity contribution is 5.39. The molecule has 1 aromatic carbocycles. The second-order valence-corrected chi connectivity index (χ2v) is 4.83. The first kappa shape index (κ1) is 10.6. The largest absolute Gasteiger partial charge is 0.467 e. The minimum absolute atomic E-state index is 0.143. The number of nitrogens with two attached hydrogens (primary N) is 1. The molecule has 0 saturated heterocycles. The first-order valence-corrected chi connectivity index (χ1v) is 6.17. The highest BCUT2D eigenvalue weighted by atomic mass is 16.3. The SMILES string of the molecule is Cc1ccoc1C(N)c1ccc2c(c1)CCC2. The lowest BCUT2D eigenvalue weighted by atomic mass is 9.99. The summed E-state index contributed by atoms with van der Waals surface area (Å²) in [5, 5.41) is 0. The van der Waals surface area contributed by atoms with E-state index in [1.54, 1.807) is 6.26 Å². The lowest BCUT2D eigenvalue weighted by molar-refractivity contribution is 0.487. The van der Waals surface area contributed by atoms with Crippen molar-refractivity contribution in [3.8, 4) is 0 Å². The normalized spacial score (nSPS) is 15.9. The van der Waals surface area contributed by atoms with Gasteiger partial charge in [0.05, 0.1) is 12.3 Å². The minimum atomic E-state index is -0.143. The van der Waals surface area contributed by atoms with Gasteiger partial charge in [-0.15, -0.1) is 0 Å². The fourth-order valence-electron chi connectivity index (χ4n) is 2.64. The number of furan rings is 1. The van der Waals surface area contributed by atoms with Crippen molar-refractivity contribution in [2.24, 2.45) is 5.73 Å². The van der Waals surface area contributed by atoms with Gasteiger partial charge in [-0.2, -0.15) is 0 Å². The van der Waals surface area contributed by atoms with E-state index in [-0.39, 0.29) is 6.04 Å². The van der Waals surface area contributed by atoms with Gasteiger partial charge in [0.1, 0.15) is 5.76 Å². The van der Waals surface area contributed by atoms with Crippen molar-refractivity contribution in [1.29, 1.82) is 0 Å². The molecule has 1 atom stereocenters. The molecular weight excluding hydrogens is 210 g/mol. The average molecular weight is 227 g/mol. The molecule has 0 radical (unpaired) electrons. The van der Waals surface area contributed by atoms with Crippen molar-refractivity contribution >= 4 is 0 Å². The van der Waals surface area contributed by atoms with Crippen LogP contribution in [0.15, 0.2) is 34.9 Å². The Balaban J connectivity index is 1.97. The van der Waals surface area contributed by atoms with E-state index in [0.29, 0.717) is 0 Å². The van der Waals surface area contributed by atoms with Crippen molar-refractivity contribution in [2.45, 2.75) is 32.2 Å². The van der Waals surface area contributed by atoms with Gasteiger partial charge in [-0.3, -0.25) is 0 Å². The number of hydrogen-bond acceptors (Lipinski definition) is 2. The molecule has 0 aliphatic heterocycles. The first-order valence-electron chi connectivity index (χ1n) is 6.17. The second-order valence-electron chi connectivity index (χ2n) is 4.83. The van der Waals surface area contributed by atoms with E-state index in [2.05, 4.69) is 18.2 Å². The molecule has 1 aliphatic rings. The number of aryl methyl sites for hydroxylation is 3. The lowest BCUT2D eigenvalue weighted by Crippen LogP contribution is -2.12. The van der Waals surface area contributed by atoms with Crippen LogP contribution in [0.4, 0.5) is 0 Å². The maximum absolute atomic E-state index is 6.26. The Labute approximate surface area is 101 Å². The Morgan fingerprint density at radius 1 is 1.18 bits per heavy atom. The molecule has 88 valence electrons. The zero-order valence-electron chi connectivity index (χ0n) is 10.1. The predicted molar refractivity (Wildman–Crippen MR) is 67.9 cm³/mol. The fraction of sp³-hybridized carbons (Fsp3) is 0.333. The molecule has 1 aliphatic carbocycles. The van der Waals surface area contributed by atoms with E-state index in [1.165, 1.54) is 30.4 Å². The summed E-state index contributed by atoms with van der Waals surface area (Å²) in [4.78, 5) is 0. The standard InChI is InChI=1S/C15H17NO/c1-10-7-8-17-15(10)14(16)13-6-5-11-3-2-4-12(11)9-13/h5-9,14H,2-4,16H2,1H3. The summed E-state index contributed by atoms with van der Waals surface area (Å²) in [5.74, 6) is 0.878. The molecule has 0 fully saturated rings. The van der Waals surface area contributed by atoms with Gasteiger partial charge in [0, 0.05) is 0 Å². The summed E-state index contributed by atoms with van der Waals surface area (Å²) in [5.41, 5.74) is 11.5. The molecule has 2 N–H and O–H groups in total. The van der Waals surface area contributed by atoms with Crippen LogP contribution in [0.3, 0.4) is 0 Å². The molecule has 0 bridgehead atoms. The second kappa shape index (κ2) is 4.04. The third-order valence-corrected chi connectivity index (χ3v) is 3.67. The summed E-state index contributed by atoms with van der Waals surface area (Å²) in [6.07, 6.45) is 5.38. The van der Waals surface area contributed by atoms with Crippen LogP contribution in [0.1, 0.15) is 40.5 Å². The van der Waals surface area contributed by atoms with E-state index >= 15 is 0 Å². The van der Waals surface area contributed by atoms with E-state index in [1.807, 2.05) is 13.0 Å². The first-order chi connectivity index (χ1) is 8.25. The highest BCUT2D eigenvalue weighted by Gasteiger charge is 2.17. The molecule has 17 heavy (non-hydrogen) atoms. The van der Waals surface area contributed by atoms with Crippen LogP contribution < -0.4 is 5.73 Å². The van der Waals surface area contributed by atoms with Crippen LogP contribution in [-0.4, -0.2) is 0 Å². The molecule has 3 rings (SSSR count). The molecule has 0 saturated carbocycles. The summed E-state index contributed by atoms with van der Waals surface area (Å²) >= 11 is 0. The zero-order valence-corrected chi connectivity index (χ0v) is 10.1. The van der Waals surface area contributed by atoms with E-state index < -0.39 is 0 Å². The van der Waals surface area contributed by atoms with Gasteiger partial charge in [-0.25, -0.2) is 0 Å². The van der Waals surface area contributed by atoms with Crippen molar-refractivity contribution in [2.75, 3.05) is 0 Å². The van der Waals surface area contributed by atoms with Gasteiger partial charge < -0.3 is 10.2 Å². The van der Waals surface area contributed by atoms with Crippen molar-refractivity contribution in [1.82, 2.24) is 0 Å². The van der Waals surface area contributed by atoms with Gasteiger partial charge in [0.2, 0.25) is 0 Å². The van der Waals surface area contributed by atoms with Crippen LogP contribution in [0.5, 0.6) is 0 Å². The van der Waals surface area contributed by atoms with Crippen molar-refractivity contribution < 1.29 is 4.42 Å². The maximum atomic E-state index is 6.26. The maximum Gasteiger partial charge on any atom is 0.127 e. The van der Waals surface area contributed by atoms with Crippen LogP contribution in [0, 0.1) is 6.92 Å². The molecule has 0 amide bonds. The van der Waals surface area contributed by atoms with E-state index in [9.17, 15) is 0 Å². The molecule has 2 aromatic rings. The Kier molecular flexibility index (Phi) is 2.52. The Morgan fingerprint density at radius 3 is 2.76 bits per heavy atom. The molecule has 0 spiro atoms. The third-order valence-electron chi connectivity index (χ3n) is 3.67. The zero-order chi connectivity index (χ0) is 11.8. The molecule has 1 aromatic heterocycles. The number of fused-ring (bicyclic) bond motifs is 1. The van der Waals surface area contributed by atoms with Gasteiger partial charge in [0.15, 0.2) is 0 Å². The van der Waals surface area contributed by atoms with Crippen LogP contribution in [0.25, 0.3) is 0 Å². The Hall–Kier alpha value is -1.54. The topological polar surface area (TPSA) is 39.2 Å². The Bertz CT molecular complexity index is 542. The molecule has 2 nitrogen and oxygen atoms in total. The van der Waals surface area contributed by atoms with Gasteiger partial charge in [0.25, 0.3) is 0 Å². The van der Waals surface area contributed by atoms with Crippen molar-refractivity contribution in [3.05, 3.63) is 58.5 Å². The van der Waals surface area contributed by atoms with E-state index in [0.717, 1.165) is 16.9 Å². The monoisotopic (exact) mass is 227 g/mol. The smallest absolute Gasteiger partial charge is 0.127 e. The minimum Gasteiger partial charge on any atom is -0.467 e. The fourth-order valence-corrected chi connectivity index (χ4v) is 2.64. The Morgan fingerprint density at radius 2 is 2.00 bits per heavy atom. The number of benzene rings is 1. The summed E-state index contributed by atoms with van der Waals surface area (Å²) < 4.78 is 5.47. The number of rotatable bonds is 2. The average Bonchev–Trinajstić information content (AvgIpc) is 2.95. The third kappa shape index (κ3) is 1.79. The van der Waals surface area contributed by atoms with Crippen molar-refractivity contribution in [3.63, 3.8) is 0 Å². The molecular formula is C15H17NO. The van der Waals surface area contributed by atoms with Gasteiger partial charge in [-0.1, -0.05) is 18.2 Å². The molecule has 1 unspecified atom stereocenters.